The van der Waals surface area contributed by atoms with Crippen molar-refractivity contribution < 1.29 is 4.79 Å². The number of carbonyl (C=O) groups excluding carboxylic acids is 1. The van der Waals surface area contributed by atoms with Crippen molar-refractivity contribution >= 4 is 58.3 Å². The Balaban J connectivity index is 1.95. The van der Waals surface area contributed by atoms with Gasteiger partial charge in [0, 0.05) is 10.7 Å². The van der Waals surface area contributed by atoms with E-state index < -0.39 is 0 Å². The van der Waals surface area contributed by atoms with Crippen LogP contribution >= 0.6 is 46.7 Å². The molecule has 0 saturated carbocycles. The molecule has 0 fully saturated rings. The number of carbonyl (C=O) groups is 1. The molecule has 0 aliphatic heterocycles. The van der Waals surface area contributed by atoms with Gasteiger partial charge in [0.15, 0.2) is 4.34 Å². The van der Waals surface area contributed by atoms with E-state index >= 15 is 0 Å². The molecule has 0 spiro atoms. The first-order chi connectivity index (χ1) is 9.58. The molecule has 8 heteroatoms. The highest BCUT2D eigenvalue weighted by molar-refractivity contribution is 8.02. The third-order valence-corrected chi connectivity index (χ3v) is 5.09. The summed E-state index contributed by atoms with van der Waals surface area (Å²) >= 11 is 10.1. The third-order valence-electron chi connectivity index (χ3n) is 2.31. The van der Waals surface area contributed by atoms with E-state index in [4.69, 9.17) is 11.6 Å². The number of halogens is 1. The minimum absolute atomic E-state index is 0.0850. The van der Waals surface area contributed by atoms with Gasteiger partial charge in [0.25, 0.3) is 0 Å². The van der Waals surface area contributed by atoms with Crippen LogP contribution in [0.15, 0.2) is 33.8 Å². The summed E-state index contributed by atoms with van der Waals surface area (Å²) in [4.78, 5) is 16.4. The Labute approximate surface area is 134 Å². The van der Waals surface area contributed by atoms with E-state index in [2.05, 4.69) is 14.7 Å². The molecule has 1 aromatic heterocycles. The molecule has 2 aromatic rings. The second-order valence-corrected chi connectivity index (χ2v) is 7.36. The average Bonchev–Trinajstić information content (AvgIpc) is 2.86. The van der Waals surface area contributed by atoms with Crippen LogP contribution in [-0.4, -0.2) is 26.8 Å². The van der Waals surface area contributed by atoms with Crippen molar-refractivity contribution in [2.75, 3.05) is 11.6 Å². The Bertz CT molecular complexity index is 605. The van der Waals surface area contributed by atoms with Crippen LogP contribution in [0, 0.1) is 0 Å². The van der Waals surface area contributed by atoms with Crippen LogP contribution in [0.3, 0.4) is 0 Å². The number of aromatic nitrogens is 2. The molecule has 106 valence electrons. The van der Waals surface area contributed by atoms with Crippen molar-refractivity contribution in [1.29, 1.82) is 0 Å². The van der Waals surface area contributed by atoms with Gasteiger partial charge in [-0.1, -0.05) is 41.2 Å². The molecule has 1 atom stereocenters. The maximum Gasteiger partial charge on any atom is 0.237 e. The largest absolute Gasteiger partial charge is 0.325 e. The van der Waals surface area contributed by atoms with Gasteiger partial charge < -0.3 is 5.32 Å². The molecule has 1 amide bonds. The van der Waals surface area contributed by atoms with E-state index in [9.17, 15) is 4.79 Å². The Morgan fingerprint density at radius 2 is 2.30 bits per heavy atom. The molecule has 0 aliphatic carbocycles. The van der Waals surface area contributed by atoms with Crippen LogP contribution in [0.4, 0.5) is 5.69 Å². The molecule has 0 bridgehead atoms. The van der Waals surface area contributed by atoms with E-state index in [1.165, 1.54) is 35.1 Å². The number of amides is 1. The maximum atomic E-state index is 12.1. The summed E-state index contributed by atoms with van der Waals surface area (Å²) < 4.78 is 4.96. The predicted octanol–water partition coefficient (Wildman–Crippen LogP) is 4.03. The first-order valence-electron chi connectivity index (χ1n) is 5.69. The number of thioether (sulfide) groups is 2. The molecule has 1 aromatic carbocycles. The van der Waals surface area contributed by atoms with E-state index in [0.29, 0.717) is 10.7 Å². The third kappa shape index (κ3) is 4.37. The fourth-order valence-electron chi connectivity index (χ4n) is 1.34. The standard InChI is InChI=1S/C12H12ClN3OS3/c1-7(19-12-15-11(18-2)16-20-12)10(17)14-9-5-3-4-8(13)6-9/h3-7H,1-2H3,(H,14,17). The lowest BCUT2D eigenvalue weighted by molar-refractivity contribution is -0.115. The molecule has 1 unspecified atom stereocenters. The lowest BCUT2D eigenvalue weighted by Crippen LogP contribution is -2.22. The van der Waals surface area contributed by atoms with E-state index in [0.717, 1.165) is 9.50 Å². The lowest BCUT2D eigenvalue weighted by atomic mass is 10.3. The van der Waals surface area contributed by atoms with Crippen molar-refractivity contribution in [3.05, 3.63) is 29.3 Å². The summed E-state index contributed by atoms with van der Waals surface area (Å²) in [6.45, 7) is 1.84. The smallest absolute Gasteiger partial charge is 0.237 e. The quantitative estimate of drug-likeness (QED) is 0.829. The normalized spacial score (nSPS) is 12.2. The van der Waals surface area contributed by atoms with Gasteiger partial charge in [-0.3, -0.25) is 4.79 Å². The molecule has 1 heterocycles. The van der Waals surface area contributed by atoms with E-state index in [-0.39, 0.29) is 11.2 Å². The Morgan fingerprint density at radius 3 is 2.95 bits per heavy atom. The summed E-state index contributed by atoms with van der Waals surface area (Å²) in [5, 5.41) is 3.91. The fourth-order valence-corrected chi connectivity index (χ4v) is 3.89. The van der Waals surface area contributed by atoms with Crippen LogP contribution in [0.5, 0.6) is 0 Å². The number of nitrogens with one attached hydrogen (secondary N) is 1. The lowest BCUT2D eigenvalue weighted by Gasteiger charge is -2.10. The van der Waals surface area contributed by atoms with Crippen LogP contribution in [0.2, 0.25) is 5.02 Å². The highest BCUT2D eigenvalue weighted by Crippen LogP contribution is 2.28. The van der Waals surface area contributed by atoms with Crippen LogP contribution < -0.4 is 5.32 Å². The second-order valence-electron chi connectivity index (χ2n) is 3.81. The minimum atomic E-state index is -0.253. The Kier molecular flexibility index (Phi) is 5.71. The summed E-state index contributed by atoms with van der Waals surface area (Å²) in [5.74, 6) is -0.0850. The second kappa shape index (κ2) is 7.31. The Morgan fingerprint density at radius 1 is 1.50 bits per heavy atom. The first-order valence-corrected chi connectivity index (χ1v) is 8.95. The molecule has 4 nitrogen and oxygen atoms in total. The van der Waals surface area contributed by atoms with Gasteiger partial charge in [-0.2, -0.15) is 4.37 Å². The topological polar surface area (TPSA) is 54.9 Å². The highest BCUT2D eigenvalue weighted by atomic mass is 35.5. The molecule has 0 saturated heterocycles. The summed E-state index contributed by atoms with van der Waals surface area (Å²) in [5.41, 5.74) is 0.692. The predicted molar refractivity (Wildman–Crippen MR) is 87.1 cm³/mol. The summed E-state index contributed by atoms with van der Waals surface area (Å²) in [6.07, 6.45) is 1.92. The van der Waals surface area contributed by atoms with Gasteiger partial charge in [0.1, 0.15) is 0 Å². The van der Waals surface area contributed by atoms with Gasteiger partial charge in [0.2, 0.25) is 11.1 Å². The molecule has 20 heavy (non-hydrogen) atoms. The van der Waals surface area contributed by atoms with Gasteiger partial charge in [-0.25, -0.2) is 4.98 Å². The number of nitrogens with zero attached hydrogens (tertiary/aromatic N) is 2. The molecular weight excluding hydrogens is 334 g/mol. The van der Waals surface area contributed by atoms with Gasteiger partial charge in [-0.15, -0.1) is 0 Å². The minimum Gasteiger partial charge on any atom is -0.325 e. The number of benzene rings is 1. The fraction of sp³-hybridized carbons (Fsp3) is 0.250. The zero-order valence-electron chi connectivity index (χ0n) is 10.8. The van der Waals surface area contributed by atoms with Gasteiger partial charge >= 0.3 is 0 Å². The van der Waals surface area contributed by atoms with Crippen molar-refractivity contribution in [2.45, 2.75) is 21.7 Å². The molecule has 1 N–H and O–H groups in total. The number of hydrogen-bond donors (Lipinski definition) is 1. The zero-order valence-corrected chi connectivity index (χ0v) is 14.0. The first kappa shape index (κ1) is 15.6. The molecular formula is C12H12ClN3OS3. The van der Waals surface area contributed by atoms with E-state index in [1.807, 2.05) is 13.2 Å². The van der Waals surface area contributed by atoms with Crippen molar-refractivity contribution in [1.82, 2.24) is 9.36 Å². The van der Waals surface area contributed by atoms with Crippen molar-refractivity contribution in [2.24, 2.45) is 0 Å². The maximum absolute atomic E-state index is 12.1. The number of rotatable bonds is 5. The van der Waals surface area contributed by atoms with Gasteiger partial charge in [0.05, 0.1) is 5.25 Å². The monoisotopic (exact) mass is 345 g/mol. The van der Waals surface area contributed by atoms with Crippen LogP contribution in [0.25, 0.3) is 0 Å². The van der Waals surface area contributed by atoms with Crippen molar-refractivity contribution in [3.8, 4) is 0 Å². The number of anilines is 1. The molecule has 2 rings (SSSR count). The molecule has 0 radical (unpaired) electrons. The van der Waals surface area contributed by atoms with Crippen LogP contribution in [-0.2, 0) is 4.79 Å². The summed E-state index contributed by atoms with van der Waals surface area (Å²) in [6, 6.07) is 7.08. The highest BCUT2D eigenvalue weighted by Gasteiger charge is 2.17. The average molecular weight is 346 g/mol. The van der Waals surface area contributed by atoms with Gasteiger partial charge in [-0.05, 0) is 42.9 Å². The summed E-state index contributed by atoms with van der Waals surface area (Å²) in [7, 11) is 0. The SMILES string of the molecule is CSc1nsc(SC(C)C(=O)Nc2cccc(Cl)c2)n1. The number of hydrogen-bond acceptors (Lipinski definition) is 6. The molecule has 0 aliphatic rings. The zero-order chi connectivity index (χ0) is 14.5. The van der Waals surface area contributed by atoms with Crippen LogP contribution in [0.1, 0.15) is 6.92 Å². The Hall–Kier alpha value is -0.760. The van der Waals surface area contributed by atoms with Crippen molar-refractivity contribution in [3.63, 3.8) is 0 Å². The van der Waals surface area contributed by atoms with E-state index in [1.54, 1.807) is 24.3 Å².